The molecule has 0 radical (unpaired) electrons. The number of aliphatic hydroxyl groups is 1. The van der Waals surface area contributed by atoms with Crippen LogP contribution in [0.5, 0.6) is 0 Å². The van der Waals surface area contributed by atoms with Crippen molar-refractivity contribution in [2.45, 2.75) is 13.8 Å². The SMILES string of the molecule is CC(C)(CO)CNc1cc(Br)ccc1C(=N)C#CSI. The molecule has 6 heteroatoms. The number of nitrogens with one attached hydrogen (secondary N) is 2. The molecule has 0 bridgehead atoms. The number of anilines is 1. The summed E-state index contributed by atoms with van der Waals surface area (Å²) in [6.07, 6.45) is 0. The van der Waals surface area contributed by atoms with E-state index in [4.69, 9.17) is 5.41 Å². The Morgan fingerprint density at radius 2 is 2.25 bits per heavy atom. The van der Waals surface area contributed by atoms with Crippen molar-refractivity contribution in [1.82, 2.24) is 0 Å². The Labute approximate surface area is 144 Å². The highest BCUT2D eigenvalue weighted by Crippen LogP contribution is 2.24. The third-order valence-corrected chi connectivity index (χ3v) is 3.98. The van der Waals surface area contributed by atoms with E-state index in [2.05, 4.69) is 53.6 Å². The van der Waals surface area contributed by atoms with Crippen molar-refractivity contribution in [3.63, 3.8) is 0 Å². The summed E-state index contributed by atoms with van der Waals surface area (Å²) in [6, 6.07) is 5.69. The molecule has 0 spiro atoms. The maximum absolute atomic E-state index is 9.30. The summed E-state index contributed by atoms with van der Waals surface area (Å²) in [6.45, 7) is 4.69. The van der Waals surface area contributed by atoms with E-state index in [1.54, 1.807) is 0 Å². The topological polar surface area (TPSA) is 56.1 Å². The first-order chi connectivity index (χ1) is 9.39. The molecule has 0 heterocycles. The van der Waals surface area contributed by atoms with Crippen molar-refractivity contribution < 1.29 is 5.11 Å². The van der Waals surface area contributed by atoms with Crippen molar-refractivity contribution in [2.75, 3.05) is 18.5 Å². The van der Waals surface area contributed by atoms with Gasteiger partial charge in [0.2, 0.25) is 0 Å². The number of halogens is 2. The maximum atomic E-state index is 9.30. The Balaban J connectivity index is 2.99. The predicted molar refractivity (Wildman–Crippen MR) is 99.7 cm³/mol. The quantitative estimate of drug-likeness (QED) is 0.344. The molecule has 0 aliphatic carbocycles. The van der Waals surface area contributed by atoms with Gasteiger partial charge in [-0.15, -0.1) is 0 Å². The van der Waals surface area contributed by atoms with Gasteiger partial charge in [-0.1, -0.05) is 29.8 Å². The van der Waals surface area contributed by atoms with Crippen molar-refractivity contribution in [1.29, 1.82) is 5.41 Å². The van der Waals surface area contributed by atoms with Crippen LogP contribution in [0.4, 0.5) is 5.69 Å². The fourth-order valence-corrected chi connectivity index (χ4v) is 2.24. The van der Waals surface area contributed by atoms with Gasteiger partial charge in [-0.3, -0.25) is 5.41 Å². The van der Waals surface area contributed by atoms with Gasteiger partial charge in [0.05, 0.1) is 0 Å². The Kier molecular flexibility index (Phi) is 7.37. The lowest BCUT2D eigenvalue weighted by molar-refractivity contribution is 0.171. The third-order valence-electron chi connectivity index (χ3n) is 2.65. The van der Waals surface area contributed by atoms with Crippen LogP contribution in [0.25, 0.3) is 0 Å². The van der Waals surface area contributed by atoms with Gasteiger partial charge in [0.25, 0.3) is 0 Å². The largest absolute Gasteiger partial charge is 0.396 e. The molecule has 3 N–H and O–H groups in total. The molecule has 0 amide bonds. The lowest BCUT2D eigenvalue weighted by Crippen LogP contribution is -2.27. The Morgan fingerprint density at radius 3 is 2.85 bits per heavy atom. The minimum atomic E-state index is -0.217. The van der Waals surface area contributed by atoms with Gasteiger partial charge in [-0.05, 0) is 38.3 Å². The second-order valence-electron chi connectivity index (χ2n) is 5.05. The molecule has 1 rings (SSSR count). The van der Waals surface area contributed by atoms with Gasteiger partial charge in [0, 0.05) is 55.5 Å². The van der Waals surface area contributed by atoms with Crippen molar-refractivity contribution in [3.8, 4) is 11.2 Å². The van der Waals surface area contributed by atoms with Gasteiger partial charge >= 0.3 is 0 Å². The first kappa shape index (κ1) is 17.8. The number of hydrogen-bond acceptors (Lipinski definition) is 4. The molecule has 0 unspecified atom stereocenters. The number of hydrogen-bond donors (Lipinski definition) is 3. The van der Waals surface area contributed by atoms with Gasteiger partial charge in [-0.2, -0.15) is 0 Å². The average Bonchev–Trinajstić information content (AvgIpc) is 2.42. The van der Waals surface area contributed by atoms with Crippen LogP contribution < -0.4 is 5.32 Å². The van der Waals surface area contributed by atoms with Gasteiger partial charge in [0.1, 0.15) is 5.71 Å². The van der Waals surface area contributed by atoms with Crippen LogP contribution in [-0.2, 0) is 0 Å². The van der Waals surface area contributed by atoms with E-state index in [1.165, 1.54) is 8.93 Å². The zero-order valence-electron chi connectivity index (χ0n) is 11.3. The second-order valence-corrected chi connectivity index (χ2v) is 7.64. The van der Waals surface area contributed by atoms with E-state index in [-0.39, 0.29) is 17.7 Å². The monoisotopic (exact) mass is 466 g/mol. The molecule has 1 aromatic rings. The summed E-state index contributed by atoms with van der Waals surface area (Å²) in [4.78, 5) is 0. The van der Waals surface area contributed by atoms with E-state index in [0.717, 1.165) is 15.7 Å². The summed E-state index contributed by atoms with van der Waals surface area (Å²) < 4.78 is 0.939. The van der Waals surface area contributed by atoms with Gasteiger partial charge < -0.3 is 10.4 Å². The number of aliphatic hydroxyl groups excluding tert-OH is 1. The van der Waals surface area contributed by atoms with Crippen molar-refractivity contribution in [2.24, 2.45) is 5.41 Å². The molecule has 0 aliphatic rings. The van der Waals surface area contributed by atoms with E-state index in [1.807, 2.05) is 32.0 Å². The van der Waals surface area contributed by atoms with Crippen LogP contribution in [0.15, 0.2) is 22.7 Å². The fourth-order valence-electron chi connectivity index (χ4n) is 1.41. The minimum absolute atomic E-state index is 0.103. The fraction of sp³-hybridized carbons (Fsp3) is 0.357. The molecule has 0 aliphatic heterocycles. The first-order valence-electron chi connectivity index (χ1n) is 5.91. The van der Waals surface area contributed by atoms with Crippen LogP contribution in [0.3, 0.4) is 0 Å². The van der Waals surface area contributed by atoms with Crippen LogP contribution in [0, 0.1) is 22.0 Å². The first-order valence-corrected chi connectivity index (χ1v) is 10.1. The molecule has 1 aromatic carbocycles. The maximum Gasteiger partial charge on any atom is 0.114 e. The van der Waals surface area contributed by atoms with Gasteiger partial charge in [0.15, 0.2) is 0 Å². The summed E-state index contributed by atoms with van der Waals surface area (Å²) in [7, 11) is 1.36. The molecule has 0 saturated carbocycles. The van der Waals surface area contributed by atoms with Crippen LogP contribution >= 0.6 is 46.1 Å². The van der Waals surface area contributed by atoms with E-state index < -0.39 is 0 Å². The van der Waals surface area contributed by atoms with E-state index in [0.29, 0.717) is 6.54 Å². The highest BCUT2D eigenvalue weighted by atomic mass is 127. The highest BCUT2D eigenvalue weighted by molar-refractivity contribution is 14.2. The van der Waals surface area contributed by atoms with Crippen LogP contribution in [0.1, 0.15) is 19.4 Å². The minimum Gasteiger partial charge on any atom is -0.396 e. The highest BCUT2D eigenvalue weighted by Gasteiger charge is 2.17. The predicted octanol–water partition coefficient (Wildman–Crippen LogP) is 4.29. The molecule has 108 valence electrons. The third kappa shape index (κ3) is 5.64. The molecule has 20 heavy (non-hydrogen) atoms. The standard InChI is InChI=1S/C14H16BrIN2OS/c1-14(2,9-19)8-18-13-7-10(15)3-4-11(13)12(17)5-6-20-16/h3-4,7,17-19H,8-9H2,1-2H3. The van der Waals surface area contributed by atoms with E-state index >= 15 is 0 Å². The molecule has 3 nitrogen and oxygen atoms in total. The number of benzene rings is 1. The normalized spacial score (nSPS) is 10.7. The lowest BCUT2D eigenvalue weighted by atomic mass is 9.94. The molecule has 0 aromatic heterocycles. The summed E-state index contributed by atoms with van der Waals surface area (Å²) in [5, 5.41) is 23.4. The van der Waals surface area contributed by atoms with E-state index in [9.17, 15) is 5.11 Å². The lowest BCUT2D eigenvalue weighted by Gasteiger charge is -2.23. The van der Waals surface area contributed by atoms with Crippen molar-refractivity contribution >= 4 is 57.5 Å². The second kappa shape index (κ2) is 8.27. The molecule has 0 saturated heterocycles. The molecule has 0 atom stereocenters. The van der Waals surface area contributed by atoms with Gasteiger partial charge in [-0.25, -0.2) is 0 Å². The number of rotatable bonds is 5. The molecule has 0 fully saturated rings. The Bertz CT molecular complexity index is 552. The smallest absolute Gasteiger partial charge is 0.114 e. The Morgan fingerprint density at radius 1 is 1.55 bits per heavy atom. The van der Waals surface area contributed by atoms with Crippen molar-refractivity contribution in [3.05, 3.63) is 28.2 Å². The zero-order valence-corrected chi connectivity index (χ0v) is 15.8. The average molecular weight is 467 g/mol. The van der Waals surface area contributed by atoms with Crippen LogP contribution in [-0.4, -0.2) is 24.0 Å². The summed E-state index contributed by atoms with van der Waals surface area (Å²) in [5.41, 5.74) is 1.68. The Hall–Kier alpha value is -0.230. The molecular weight excluding hydrogens is 451 g/mol. The molecular formula is C14H16BrIN2OS. The summed E-state index contributed by atoms with van der Waals surface area (Å²) in [5.74, 6) is 2.80. The zero-order chi connectivity index (χ0) is 15.2. The summed E-state index contributed by atoms with van der Waals surface area (Å²) >= 11 is 5.52. The van der Waals surface area contributed by atoms with Crippen LogP contribution in [0.2, 0.25) is 0 Å².